The van der Waals surface area contributed by atoms with Crippen molar-refractivity contribution in [3.63, 3.8) is 0 Å². The highest BCUT2D eigenvalue weighted by molar-refractivity contribution is 6.08. The quantitative estimate of drug-likeness (QED) is 0.523. The first-order valence-electron chi connectivity index (χ1n) is 11.4. The monoisotopic (exact) mass is 442 g/mol. The molecule has 0 unspecified atom stereocenters. The van der Waals surface area contributed by atoms with Gasteiger partial charge in [0.25, 0.3) is 5.91 Å². The minimum Gasteiger partial charge on any atom is -0.497 e. The number of carbonyl (C=O) groups excluding carboxylic acids is 2. The van der Waals surface area contributed by atoms with Gasteiger partial charge in [-0.25, -0.2) is 0 Å². The van der Waals surface area contributed by atoms with Crippen LogP contribution in [0.1, 0.15) is 47.7 Å². The van der Waals surface area contributed by atoms with Crippen molar-refractivity contribution in [2.75, 3.05) is 18.6 Å². The standard InChI is InChI=1S/C28H30N2O3/c1-4-29(19-21-10-6-5-7-11-21)28(32)25-18-20(2)30(26-13-9-8-12-24(25)26)27(31)22-14-16-23(33-3)17-15-22/h5-17,20,25H,4,18-19H2,1-3H3/t20-,25+/m0/s1. The van der Waals surface area contributed by atoms with Gasteiger partial charge in [-0.15, -0.1) is 0 Å². The SMILES string of the molecule is CCN(Cc1ccccc1)C(=O)[C@@H]1C[C@H](C)N(C(=O)c2ccc(OC)cc2)c2ccccc21. The third-order valence-corrected chi connectivity index (χ3v) is 6.35. The highest BCUT2D eigenvalue weighted by Crippen LogP contribution is 2.40. The van der Waals surface area contributed by atoms with Gasteiger partial charge in [-0.05, 0) is 61.7 Å². The summed E-state index contributed by atoms with van der Waals surface area (Å²) in [6, 6.07) is 24.9. The number of anilines is 1. The summed E-state index contributed by atoms with van der Waals surface area (Å²) in [5, 5.41) is 0. The molecule has 0 spiro atoms. The smallest absolute Gasteiger partial charge is 0.258 e. The second-order valence-electron chi connectivity index (χ2n) is 8.44. The zero-order valence-corrected chi connectivity index (χ0v) is 19.4. The number of fused-ring (bicyclic) bond motifs is 1. The van der Waals surface area contributed by atoms with Crippen molar-refractivity contribution in [3.8, 4) is 5.75 Å². The van der Waals surface area contributed by atoms with E-state index < -0.39 is 0 Å². The number of hydrogen-bond donors (Lipinski definition) is 0. The Bertz CT molecular complexity index is 1110. The van der Waals surface area contributed by atoms with E-state index in [4.69, 9.17) is 4.74 Å². The van der Waals surface area contributed by atoms with E-state index in [0.717, 1.165) is 16.8 Å². The molecule has 0 bridgehead atoms. The van der Waals surface area contributed by atoms with Crippen molar-refractivity contribution >= 4 is 17.5 Å². The molecule has 0 aromatic heterocycles. The normalized spacial score (nSPS) is 17.2. The Balaban J connectivity index is 1.63. The van der Waals surface area contributed by atoms with Crippen LogP contribution >= 0.6 is 0 Å². The van der Waals surface area contributed by atoms with E-state index in [0.29, 0.717) is 30.8 Å². The lowest BCUT2D eigenvalue weighted by atomic mass is 9.84. The Kier molecular flexibility index (Phi) is 6.78. The number of amides is 2. The van der Waals surface area contributed by atoms with Gasteiger partial charge in [0.05, 0.1) is 13.0 Å². The van der Waals surface area contributed by atoms with Crippen molar-refractivity contribution < 1.29 is 14.3 Å². The summed E-state index contributed by atoms with van der Waals surface area (Å²) >= 11 is 0. The molecule has 0 saturated heterocycles. The van der Waals surface area contributed by atoms with E-state index in [-0.39, 0.29) is 23.8 Å². The number of rotatable bonds is 6. The molecule has 1 aliphatic rings. The van der Waals surface area contributed by atoms with Crippen LogP contribution in [0, 0.1) is 0 Å². The van der Waals surface area contributed by atoms with E-state index >= 15 is 0 Å². The van der Waals surface area contributed by atoms with Crippen LogP contribution in [0.3, 0.4) is 0 Å². The highest BCUT2D eigenvalue weighted by atomic mass is 16.5. The summed E-state index contributed by atoms with van der Waals surface area (Å²) in [7, 11) is 1.61. The van der Waals surface area contributed by atoms with Gasteiger partial charge < -0.3 is 14.5 Å². The van der Waals surface area contributed by atoms with Gasteiger partial charge in [0.2, 0.25) is 5.91 Å². The van der Waals surface area contributed by atoms with Crippen molar-refractivity contribution in [1.29, 1.82) is 0 Å². The zero-order chi connectivity index (χ0) is 23.4. The summed E-state index contributed by atoms with van der Waals surface area (Å²) in [4.78, 5) is 30.9. The fraction of sp³-hybridized carbons (Fsp3) is 0.286. The average Bonchev–Trinajstić information content (AvgIpc) is 2.86. The third-order valence-electron chi connectivity index (χ3n) is 6.35. The molecule has 2 amide bonds. The molecule has 170 valence electrons. The largest absolute Gasteiger partial charge is 0.497 e. The van der Waals surface area contributed by atoms with Gasteiger partial charge in [-0.1, -0.05) is 48.5 Å². The minimum atomic E-state index is -0.278. The number of likely N-dealkylation sites (N-methyl/N-ethyl adjacent to an activating group) is 1. The van der Waals surface area contributed by atoms with E-state index in [2.05, 4.69) is 0 Å². The predicted molar refractivity (Wildman–Crippen MR) is 131 cm³/mol. The summed E-state index contributed by atoms with van der Waals surface area (Å²) < 4.78 is 5.22. The number of nitrogens with zero attached hydrogens (tertiary/aromatic N) is 2. The van der Waals surface area contributed by atoms with E-state index in [1.54, 1.807) is 31.4 Å². The first-order valence-corrected chi connectivity index (χ1v) is 11.4. The Labute approximate surface area is 195 Å². The fourth-order valence-electron chi connectivity index (χ4n) is 4.60. The second-order valence-corrected chi connectivity index (χ2v) is 8.44. The lowest BCUT2D eigenvalue weighted by Gasteiger charge is -2.40. The number of carbonyl (C=O) groups is 2. The van der Waals surface area contributed by atoms with E-state index in [1.165, 1.54) is 0 Å². The Morgan fingerprint density at radius 2 is 1.64 bits per heavy atom. The second kappa shape index (κ2) is 9.90. The predicted octanol–water partition coefficient (Wildman–Crippen LogP) is 5.27. The number of hydrogen-bond acceptors (Lipinski definition) is 3. The molecule has 0 radical (unpaired) electrons. The van der Waals surface area contributed by atoms with Crippen molar-refractivity contribution in [3.05, 3.63) is 95.6 Å². The molecule has 2 atom stereocenters. The zero-order valence-electron chi connectivity index (χ0n) is 19.4. The van der Waals surface area contributed by atoms with Crippen molar-refractivity contribution in [2.24, 2.45) is 0 Å². The number of methoxy groups -OCH3 is 1. The number of para-hydroxylation sites is 1. The van der Waals surface area contributed by atoms with Gasteiger partial charge in [-0.3, -0.25) is 9.59 Å². The molecule has 3 aromatic rings. The van der Waals surface area contributed by atoms with Gasteiger partial charge in [0.1, 0.15) is 5.75 Å². The Morgan fingerprint density at radius 3 is 2.30 bits per heavy atom. The maximum Gasteiger partial charge on any atom is 0.258 e. The van der Waals surface area contributed by atoms with Crippen LogP contribution in [0.2, 0.25) is 0 Å². The van der Waals surface area contributed by atoms with Crippen molar-refractivity contribution in [1.82, 2.24) is 4.90 Å². The summed E-state index contributed by atoms with van der Waals surface area (Å²) in [5.74, 6) is 0.472. The molecule has 5 nitrogen and oxygen atoms in total. The lowest BCUT2D eigenvalue weighted by molar-refractivity contribution is -0.133. The lowest BCUT2D eigenvalue weighted by Crippen LogP contribution is -2.46. The summed E-state index contributed by atoms with van der Waals surface area (Å²) in [6.45, 7) is 5.25. The van der Waals surface area contributed by atoms with Crippen LogP contribution in [0.15, 0.2) is 78.9 Å². The van der Waals surface area contributed by atoms with Gasteiger partial charge in [-0.2, -0.15) is 0 Å². The molecule has 0 aliphatic carbocycles. The summed E-state index contributed by atoms with van der Waals surface area (Å²) in [6.07, 6.45) is 0.586. The molecule has 0 fully saturated rings. The van der Waals surface area contributed by atoms with E-state index in [1.807, 2.05) is 78.2 Å². The maximum absolute atomic E-state index is 13.7. The molecular formula is C28H30N2O3. The molecule has 3 aromatic carbocycles. The number of benzene rings is 3. The fourth-order valence-corrected chi connectivity index (χ4v) is 4.60. The van der Waals surface area contributed by atoms with Crippen LogP contribution in [-0.2, 0) is 11.3 Å². The first kappa shape index (κ1) is 22.6. The molecule has 0 saturated carbocycles. The molecular weight excluding hydrogens is 412 g/mol. The molecule has 33 heavy (non-hydrogen) atoms. The van der Waals surface area contributed by atoms with Crippen LogP contribution in [-0.4, -0.2) is 36.4 Å². The molecule has 5 heteroatoms. The summed E-state index contributed by atoms with van der Waals surface area (Å²) in [5.41, 5.74) is 3.43. The van der Waals surface area contributed by atoms with Gasteiger partial charge in [0.15, 0.2) is 0 Å². The molecule has 1 aliphatic heterocycles. The van der Waals surface area contributed by atoms with Crippen molar-refractivity contribution in [2.45, 2.75) is 38.8 Å². The third kappa shape index (κ3) is 4.63. The molecule has 1 heterocycles. The van der Waals surface area contributed by atoms with Crippen LogP contribution < -0.4 is 9.64 Å². The van der Waals surface area contributed by atoms with Gasteiger partial charge in [0, 0.05) is 30.4 Å². The minimum absolute atomic E-state index is 0.0693. The molecule has 0 N–H and O–H groups in total. The van der Waals surface area contributed by atoms with E-state index in [9.17, 15) is 9.59 Å². The Hall–Kier alpha value is -3.60. The Morgan fingerprint density at radius 1 is 0.970 bits per heavy atom. The maximum atomic E-state index is 13.7. The number of ether oxygens (including phenoxy) is 1. The first-order chi connectivity index (χ1) is 16.0. The van der Waals surface area contributed by atoms with Crippen LogP contribution in [0.25, 0.3) is 0 Å². The van der Waals surface area contributed by atoms with Gasteiger partial charge >= 0.3 is 0 Å². The average molecular weight is 443 g/mol. The van der Waals surface area contributed by atoms with Crippen LogP contribution in [0.5, 0.6) is 5.75 Å². The molecule has 4 rings (SSSR count). The highest BCUT2D eigenvalue weighted by Gasteiger charge is 2.38. The topological polar surface area (TPSA) is 49.9 Å². The van der Waals surface area contributed by atoms with Crippen LogP contribution in [0.4, 0.5) is 5.69 Å².